The van der Waals surface area contributed by atoms with E-state index in [2.05, 4.69) is 24.1 Å². The molecule has 0 bridgehead atoms. The fourth-order valence-electron chi connectivity index (χ4n) is 2.98. The molecule has 1 N–H and O–H groups in total. The minimum absolute atomic E-state index is 0.529. The molecular formula is C15H30N2O. The summed E-state index contributed by atoms with van der Waals surface area (Å²) in [6.45, 7) is 8.38. The van der Waals surface area contributed by atoms with Crippen molar-refractivity contribution in [1.29, 1.82) is 0 Å². The van der Waals surface area contributed by atoms with Gasteiger partial charge in [0.15, 0.2) is 0 Å². The number of piperidine rings is 1. The number of hydrogen-bond donors (Lipinski definition) is 1. The highest BCUT2D eigenvalue weighted by atomic mass is 16.5. The second kappa shape index (κ2) is 6.88. The third-order valence-corrected chi connectivity index (χ3v) is 4.69. The summed E-state index contributed by atoms with van der Waals surface area (Å²) in [5, 5.41) is 3.32. The second-order valence-electron chi connectivity index (χ2n) is 6.23. The Morgan fingerprint density at radius 3 is 2.44 bits per heavy atom. The SMILES string of the molecule is CCC(C)CN1CCC(O[C@H]2C[C@H](NC)C2)CC1. The quantitative estimate of drug-likeness (QED) is 0.787. The largest absolute Gasteiger partial charge is 0.375 e. The molecule has 2 aliphatic rings. The Bertz CT molecular complexity index is 233. The summed E-state index contributed by atoms with van der Waals surface area (Å²) in [5.41, 5.74) is 0. The van der Waals surface area contributed by atoms with Crippen LogP contribution < -0.4 is 5.32 Å². The van der Waals surface area contributed by atoms with Crippen LogP contribution >= 0.6 is 0 Å². The van der Waals surface area contributed by atoms with Gasteiger partial charge in [0.1, 0.15) is 0 Å². The van der Waals surface area contributed by atoms with Crippen LogP contribution in [0.25, 0.3) is 0 Å². The highest BCUT2D eigenvalue weighted by Crippen LogP contribution is 2.27. The maximum atomic E-state index is 6.17. The normalized spacial score (nSPS) is 32.2. The average Bonchev–Trinajstić information content (AvgIpc) is 2.35. The van der Waals surface area contributed by atoms with Gasteiger partial charge in [-0.15, -0.1) is 0 Å². The van der Waals surface area contributed by atoms with Crippen molar-refractivity contribution in [3.8, 4) is 0 Å². The van der Waals surface area contributed by atoms with E-state index in [1.54, 1.807) is 0 Å². The number of likely N-dealkylation sites (tertiary alicyclic amines) is 1. The Morgan fingerprint density at radius 1 is 1.22 bits per heavy atom. The predicted molar refractivity (Wildman–Crippen MR) is 75.9 cm³/mol. The van der Waals surface area contributed by atoms with E-state index in [0.29, 0.717) is 18.2 Å². The number of ether oxygens (including phenoxy) is 1. The maximum absolute atomic E-state index is 6.17. The van der Waals surface area contributed by atoms with Gasteiger partial charge >= 0.3 is 0 Å². The third kappa shape index (κ3) is 3.94. The first-order valence-corrected chi connectivity index (χ1v) is 7.76. The van der Waals surface area contributed by atoms with E-state index in [1.165, 1.54) is 51.7 Å². The summed E-state index contributed by atoms with van der Waals surface area (Å²) < 4.78 is 6.17. The fourth-order valence-corrected chi connectivity index (χ4v) is 2.98. The van der Waals surface area contributed by atoms with Gasteiger partial charge in [-0.05, 0) is 38.6 Å². The summed E-state index contributed by atoms with van der Waals surface area (Å²) in [6.07, 6.45) is 7.25. The molecule has 1 atom stereocenters. The van der Waals surface area contributed by atoms with E-state index >= 15 is 0 Å². The molecular weight excluding hydrogens is 224 g/mol. The molecule has 106 valence electrons. The molecule has 2 rings (SSSR count). The molecule has 3 heteroatoms. The van der Waals surface area contributed by atoms with Crippen molar-refractivity contribution in [1.82, 2.24) is 10.2 Å². The van der Waals surface area contributed by atoms with E-state index in [4.69, 9.17) is 4.74 Å². The maximum Gasteiger partial charge on any atom is 0.0608 e. The number of hydrogen-bond acceptors (Lipinski definition) is 3. The summed E-state index contributed by atoms with van der Waals surface area (Å²) in [4.78, 5) is 2.62. The Kier molecular flexibility index (Phi) is 5.46. The Hall–Kier alpha value is -0.120. The van der Waals surface area contributed by atoms with Gasteiger partial charge in [0.2, 0.25) is 0 Å². The summed E-state index contributed by atoms with van der Waals surface area (Å²) in [7, 11) is 2.05. The number of rotatable bonds is 6. The van der Waals surface area contributed by atoms with Crippen LogP contribution in [-0.4, -0.2) is 49.8 Å². The highest BCUT2D eigenvalue weighted by molar-refractivity contribution is 4.86. The molecule has 1 saturated carbocycles. The van der Waals surface area contributed by atoms with Crippen molar-refractivity contribution in [2.75, 3.05) is 26.7 Å². The van der Waals surface area contributed by atoms with Crippen molar-refractivity contribution < 1.29 is 4.74 Å². The molecule has 0 aromatic heterocycles. The zero-order valence-corrected chi connectivity index (χ0v) is 12.3. The van der Waals surface area contributed by atoms with Crippen molar-refractivity contribution in [3.05, 3.63) is 0 Å². The monoisotopic (exact) mass is 254 g/mol. The molecule has 2 fully saturated rings. The van der Waals surface area contributed by atoms with Crippen molar-refractivity contribution >= 4 is 0 Å². The summed E-state index contributed by atoms with van der Waals surface area (Å²) in [6, 6.07) is 0.709. The highest BCUT2D eigenvalue weighted by Gasteiger charge is 2.31. The Morgan fingerprint density at radius 2 is 1.89 bits per heavy atom. The van der Waals surface area contributed by atoms with Gasteiger partial charge in [-0.25, -0.2) is 0 Å². The van der Waals surface area contributed by atoms with Gasteiger partial charge in [0.25, 0.3) is 0 Å². The lowest BCUT2D eigenvalue weighted by Crippen LogP contribution is -2.47. The first-order chi connectivity index (χ1) is 8.71. The van der Waals surface area contributed by atoms with Crippen LogP contribution in [0, 0.1) is 5.92 Å². The van der Waals surface area contributed by atoms with E-state index in [-0.39, 0.29) is 0 Å². The van der Waals surface area contributed by atoms with Crippen LogP contribution in [0.5, 0.6) is 0 Å². The minimum Gasteiger partial charge on any atom is -0.375 e. The topological polar surface area (TPSA) is 24.5 Å². The molecule has 1 heterocycles. The van der Waals surface area contributed by atoms with Gasteiger partial charge in [0.05, 0.1) is 12.2 Å². The first kappa shape index (κ1) is 14.3. The zero-order valence-electron chi connectivity index (χ0n) is 12.3. The molecule has 1 saturated heterocycles. The molecule has 1 aliphatic carbocycles. The zero-order chi connectivity index (χ0) is 13.0. The minimum atomic E-state index is 0.529. The molecule has 0 aromatic rings. The summed E-state index contributed by atoms with van der Waals surface area (Å²) in [5.74, 6) is 0.838. The Labute approximate surface area is 112 Å². The lowest BCUT2D eigenvalue weighted by atomic mass is 9.89. The van der Waals surface area contributed by atoms with Crippen LogP contribution in [0.1, 0.15) is 46.0 Å². The van der Waals surface area contributed by atoms with Gasteiger partial charge in [-0.3, -0.25) is 0 Å². The first-order valence-electron chi connectivity index (χ1n) is 7.76. The van der Waals surface area contributed by atoms with Crippen LogP contribution in [0.15, 0.2) is 0 Å². The average molecular weight is 254 g/mol. The molecule has 18 heavy (non-hydrogen) atoms. The second-order valence-corrected chi connectivity index (χ2v) is 6.23. The number of nitrogens with one attached hydrogen (secondary N) is 1. The predicted octanol–water partition coefficient (Wildman–Crippen LogP) is 2.26. The van der Waals surface area contributed by atoms with E-state index in [0.717, 1.165) is 5.92 Å². The van der Waals surface area contributed by atoms with Crippen LogP contribution in [-0.2, 0) is 4.74 Å². The van der Waals surface area contributed by atoms with Crippen molar-refractivity contribution in [2.45, 2.75) is 64.2 Å². The lowest BCUT2D eigenvalue weighted by Gasteiger charge is -2.40. The van der Waals surface area contributed by atoms with Crippen molar-refractivity contribution in [3.63, 3.8) is 0 Å². The van der Waals surface area contributed by atoms with E-state index in [1.807, 2.05) is 7.05 Å². The van der Waals surface area contributed by atoms with Crippen LogP contribution in [0.4, 0.5) is 0 Å². The van der Waals surface area contributed by atoms with Crippen LogP contribution in [0.3, 0.4) is 0 Å². The lowest BCUT2D eigenvalue weighted by molar-refractivity contribution is -0.0840. The van der Waals surface area contributed by atoms with E-state index in [9.17, 15) is 0 Å². The standard InChI is InChI=1S/C15H30N2O/c1-4-12(2)11-17-7-5-14(6-8-17)18-15-9-13(10-15)16-3/h12-16H,4-11H2,1-3H3/t12?,13-,15-. The third-order valence-electron chi connectivity index (χ3n) is 4.69. The van der Waals surface area contributed by atoms with Crippen LogP contribution in [0.2, 0.25) is 0 Å². The smallest absolute Gasteiger partial charge is 0.0608 e. The van der Waals surface area contributed by atoms with Gasteiger partial charge < -0.3 is 15.0 Å². The van der Waals surface area contributed by atoms with E-state index < -0.39 is 0 Å². The van der Waals surface area contributed by atoms with Gasteiger partial charge in [-0.1, -0.05) is 20.3 Å². The van der Waals surface area contributed by atoms with Crippen molar-refractivity contribution in [2.24, 2.45) is 5.92 Å². The molecule has 0 amide bonds. The summed E-state index contributed by atoms with van der Waals surface area (Å²) >= 11 is 0. The molecule has 0 radical (unpaired) electrons. The molecule has 1 aliphatic heterocycles. The molecule has 0 spiro atoms. The van der Waals surface area contributed by atoms with Gasteiger partial charge in [-0.2, -0.15) is 0 Å². The number of nitrogens with zero attached hydrogens (tertiary/aromatic N) is 1. The fraction of sp³-hybridized carbons (Fsp3) is 1.00. The molecule has 3 nitrogen and oxygen atoms in total. The van der Waals surface area contributed by atoms with Gasteiger partial charge in [0, 0.05) is 25.7 Å². The molecule has 0 aromatic carbocycles. The Balaban J connectivity index is 1.59. The molecule has 1 unspecified atom stereocenters.